The molecule has 0 saturated carbocycles. The smallest absolute Gasteiger partial charge is 0 e. The standard InChI is InChI=1S/C7H13N.Y/c1-7-4-3-5-8(2)6-7;/h5,7H,1,3-4,6H2,2H3;/q-2;. The molecule has 1 radical (unpaired) electrons. The Kier molecular flexibility index (Phi) is 5.38. The van der Waals surface area contributed by atoms with E-state index in [0.29, 0.717) is 5.92 Å². The topological polar surface area (TPSA) is 3.24 Å². The van der Waals surface area contributed by atoms with Gasteiger partial charge in [0.25, 0.3) is 0 Å². The van der Waals surface area contributed by atoms with Crippen molar-refractivity contribution < 1.29 is 32.7 Å². The summed E-state index contributed by atoms with van der Waals surface area (Å²) in [6.07, 6.45) is 2.48. The fourth-order valence-electron chi connectivity index (χ4n) is 1.10. The molecule has 1 aliphatic rings. The van der Waals surface area contributed by atoms with Crippen LogP contribution in [0.3, 0.4) is 0 Å². The average molecular weight is 200 g/mol. The van der Waals surface area contributed by atoms with Crippen molar-refractivity contribution in [3.63, 3.8) is 0 Å². The van der Waals surface area contributed by atoms with Crippen LogP contribution in [0.15, 0.2) is 0 Å². The first-order valence-corrected chi connectivity index (χ1v) is 3.15. The van der Waals surface area contributed by atoms with Crippen LogP contribution >= 0.6 is 0 Å². The van der Waals surface area contributed by atoms with Crippen molar-refractivity contribution in [3.8, 4) is 0 Å². The third kappa shape index (κ3) is 3.69. The molecule has 0 aliphatic carbocycles. The quantitative estimate of drug-likeness (QED) is 0.533. The summed E-state index contributed by atoms with van der Waals surface area (Å²) in [4.78, 5) is 2.22. The number of piperidine rings is 1. The minimum atomic E-state index is 0. The SMILES string of the molecule is [CH2-]C1CC[CH-]N(C)C1.[Y]. The monoisotopic (exact) mass is 200 g/mol. The van der Waals surface area contributed by atoms with Gasteiger partial charge in [0.15, 0.2) is 0 Å². The number of likely N-dealkylation sites (tertiary alicyclic amines) is 1. The maximum absolute atomic E-state index is 3.99. The molecule has 1 atom stereocenters. The first kappa shape index (κ1) is 10.1. The van der Waals surface area contributed by atoms with E-state index >= 15 is 0 Å². The van der Waals surface area contributed by atoms with Gasteiger partial charge >= 0.3 is 0 Å². The van der Waals surface area contributed by atoms with E-state index in [9.17, 15) is 0 Å². The van der Waals surface area contributed by atoms with Gasteiger partial charge in [-0.05, 0) is 7.05 Å². The maximum atomic E-state index is 3.99. The van der Waals surface area contributed by atoms with Crippen molar-refractivity contribution in [1.82, 2.24) is 4.90 Å². The van der Waals surface area contributed by atoms with E-state index in [-0.39, 0.29) is 32.7 Å². The van der Waals surface area contributed by atoms with Crippen LogP contribution in [0.2, 0.25) is 0 Å². The van der Waals surface area contributed by atoms with Crippen LogP contribution in [-0.4, -0.2) is 18.5 Å². The Labute approximate surface area is 83.1 Å². The fraction of sp³-hybridized carbons (Fsp3) is 0.714. The molecule has 1 heterocycles. The van der Waals surface area contributed by atoms with Gasteiger partial charge in [-0.15, -0.1) is 6.42 Å². The Balaban J connectivity index is 0.000000640. The summed E-state index contributed by atoms with van der Waals surface area (Å²) in [6.45, 7) is 7.36. The summed E-state index contributed by atoms with van der Waals surface area (Å²) >= 11 is 0. The summed E-state index contributed by atoms with van der Waals surface area (Å²) < 4.78 is 0. The average Bonchev–Trinajstić information content (AvgIpc) is 1.64. The summed E-state index contributed by atoms with van der Waals surface area (Å²) in [5, 5.41) is 0. The number of rotatable bonds is 0. The summed E-state index contributed by atoms with van der Waals surface area (Å²) in [7, 11) is 2.11. The van der Waals surface area contributed by atoms with Gasteiger partial charge in [0, 0.05) is 32.7 Å². The van der Waals surface area contributed by atoms with E-state index in [1.54, 1.807) is 0 Å². The third-order valence-corrected chi connectivity index (χ3v) is 1.56. The van der Waals surface area contributed by atoms with Crippen molar-refractivity contribution >= 4 is 0 Å². The third-order valence-electron chi connectivity index (χ3n) is 1.56. The van der Waals surface area contributed by atoms with Crippen LogP contribution in [0, 0.1) is 19.4 Å². The molecule has 2 heteroatoms. The van der Waals surface area contributed by atoms with E-state index in [2.05, 4.69) is 25.4 Å². The van der Waals surface area contributed by atoms with Gasteiger partial charge in [0.1, 0.15) is 0 Å². The molecule has 0 aromatic heterocycles. The molecule has 9 heavy (non-hydrogen) atoms. The van der Waals surface area contributed by atoms with E-state index in [1.165, 1.54) is 12.8 Å². The van der Waals surface area contributed by atoms with Gasteiger partial charge in [-0.25, -0.2) is 0 Å². The summed E-state index contributed by atoms with van der Waals surface area (Å²) in [5.74, 6) is 0.657. The minimum absolute atomic E-state index is 0. The van der Waals surface area contributed by atoms with Crippen molar-refractivity contribution in [2.24, 2.45) is 5.92 Å². The van der Waals surface area contributed by atoms with Crippen molar-refractivity contribution in [2.75, 3.05) is 13.6 Å². The second kappa shape index (κ2) is 4.81. The molecule has 1 fully saturated rings. The molecule has 1 saturated heterocycles. The molecule has 1 aliphatic heterocycles. The van der Waals surface area contributed by atoms with E-state index < -0.39 is 0 Å². The number of hydrogen-bond donors (Lipinski definition) is 0. The van der Waals surface area contributed by atoms with Gasteiger partial charge in [-0.2, -0.15) is 12.3 Å². The van der Waals surface area contributed by atoms with Gasteiger partial charge in [0.2, 0.25) is 0 Å². The second-order valence-corrected chi connectivity index (χ2v) is 2.57. The number of hydrogen-bond acceptors (Lipinski definition) is 1. The largest absolute Gasteiger partial charge is 0.461 e. The Morgan fingerprint density at radius 3 is 2.67 bits per heavy atom. The van der Waals surface area contributed by atoms with Crippen molar-refractivity contribution in [2.45, 2.75) is 12.8 Å². The molecule has 1 unspecified atom stereocenters. The molecule has 0 aromatic rings. The minimum Gasteiger partial charge on any atom is -0.461 e. The molecule has 0 spiro atoms. The molecule has 0 bridgehead atoms. The van der Waals surface area contributed by atoms with E-state index in [4.69, 9.17) is 0 Å². The first-order valence-electron chi connectivity index (χ1n) is 3.15. The van der Waals surface area contributed by atoms with Gasteiger partial charge in [0.05, 0.1) is 0 Å². The molecule has 51 valence electrons. The fourth-order valence-corrected chi connectivity index (χ4v) is 1.10. The van der Waals surface area contributed by atoms with Crippen LogP contribution in [0.5, 0.6) is 0 Å². The molecule has 1 rings (SSSR count). The Morgan fingerprint density at radius 1 is 1.67 bits per heavy atom. The zero-order chi connectivity index (χ0) is 5.98. The number of nitrogens with zero attached hydrogens (tertiary/aromatic N) is 1. The molecule has 1 nitrogen and oxygen atoms in total. The van der Waals surface area contributed by atoms with Gasteiger partial charge in [-0.1, -0.05) is 6.54 Å². The van der Waals surface area contributed by atoms with Gasteiger partial charge < -0.3 is 11.8 Å². The molecule has 0 amide bonds. The van der Waals surface area contributed by atoms with Crippen LogP contribution in [0.4, 0.5) is 0 Å². The first-order chi connectivity index (χ1) is 3.79. The van der Waals surface area contributed by atoms with Crippen LogP contribution in [0.1, 0.15) is 12.8 Å². The molecule has 0 N–H and O–H groups in total. The second-order valence-electron chi connectivity index (χ2n) is 2.57. The van der Waals surface area contributed by atoms with Gasteiger partial charge in [-0.3, -0.25) is 6.54 Å². The maximum Gasteiger partial charge on any atom is 0 e. The molecule has 0 aromatic carbocycles. The summed E-state index contributed by atoms with van der Waals surface area (Å²) in [5.41, 5.74) is 0. The normalized spacial score (nSPS) is 29.3. The Hall–Kier alpha value is 1.06. The summed E-state index contributed by atoms with van der Waals surface area (Å²) in [6, 6.07) is 0. The molecular weight excluding hydrogens is 187 g/mol. The van der Waals surface area contributed by atoms with E-state index in [0.717, 1.165) is 6.54 Å². The Bertz CT molecular complexity index is 67.3. The zero-order valence-electron chi connectivity index (χ0n) is 6.01. The van der Waals surface area contributed by atoms with Crippen LogP contribution in [-0.2, 0) is 32.7 Å². The predicted octanol–water partition coefficient (Wildman–Crippen LogP) is 1.32. The van der Waals surface area contributed by atoms with Crippen LogP contribution in [0.25, 0.3) is 0 Å². The van der Waals surface area contributed by atoms with E-state index in [1.807, 2.05) is 0 Å². The van der Waals surface area contributed by atoms with Crippen molar-refractivity contribution in [1.29, 1.82) is 0 Å². The van der Waals surface area contributed by atoms with Crippen molar-refractivity contribution in [3.05, 3.63) is 13.5 Å². The molecular formula is C7H13NY-2. The van der Waals surface area contributed by atoms with Crippen LogP contribution < -0.4 is 0 Å². The Morgan fingerprint density at radius 2 is 2.33 bits per heavy atom. The predicted molar refractivity (Wildman–Crippen MR) is 35.0 cm³/mol. The zero-order valence-corrected chi connectivity index (χ0v) is 8.85.